The average Bonchev–Trinajstić information content (AvgIpc) is 2.84. The predicted molar refractivity (Wildman–Crippen MR) is 74.7 cm³/mol. The van der Waals surface area contributed by atoms with Gasteiger partial charge >= 0.3 is 0 Å². The molecular weight excluding hydrogens is 284 g/mol. The molecule has 5 nitrogen and oxygen atoms in total. The fraction of sp³-hybridized carbons (Fsp3) is 0.500. The maximum atomic E-state index is 11.7. The smallest absolute Gasteiger partial charge is 0.221 e. The normalized spacial score (nSPS) is 18.6. The number of carbonyl (C=O) groups excluding carboxylic acids is 1. The Bertz CT molecular complexity index is 578. The molecule has 19 heavy (non-hydrogen) atoms. The van der Waals surface area contributed by atoms with Crippen LogP contribution in [0.15, 0.2) is 17.5 Å². The molecular formula is C12H16N2O3S2. The van der Waals surface area contributed by atoms with Crippen LogP contribution in [0.1, 0.15) is 23.4 Å². The van der Waals surface area contributed by atoms with Crippen LogP contribution < -0.4 is 5.32 Å². The molecule has 2 rings (SSSR count). The molecule has 7 heteroatoms. The molecule has 1 aromatic heterocycles. The number of sulfone groups is 1. The molecule has 1 aliphatic rings. The number of rotatable bonds is 5. The second-order valence-corrected chi connectivity index (χ2v) is 7.52. The summed E-state index contributed by atoms with van der Waals surface area (Å²) in [4.78, 5) is 17.2. The molecule has 0 radical (unpaired) electrons. The first-order valence-electron chi connectivity index (χ1n) is 6.06. The van der Waals surface area contributed by atoms with Crippen molar-refractivity contribution in [1.82, 2.24) is 10.3 Å². The number of hydrogen-bond donors (Lipinski definition) is 1. The third kappa shape index (κ3) is 3.87. The van der Waals surface area contributed by atoms with Gasteiger partial charge in [-0.15, -0.1) is 11.3 Å². The molecule has 0 spiro atoms. The minimum absolute atomic E-state index is 0.0135. The number of carbonyl (C=O) groups is 1. The standard InChI is InChI=1S/C12H16N2O3S2/c1-2-19(16,17)6-5-12(15)14-9-3-4-10-11(7-9)18-8-13-10/h2,8-9H,1,3-7H2,(H,14,15). The fourth-order valence-corrected chi connectivity index (χ4v) is 3.57. The van der Waals surface area contributed by atoms with Crippen molar-refractivity contribution in [2.24, 2.45) is 0 Å². The van der Waals surface area contributed by atoms with E-state index in [0.29, 0.717) is 0 Å². The number of hydrogen-bond acceptors (Lipinski definition) is 5. The van der Waals surface area contributed by atoms with Crippen LogP contribution in [0.25, 0.3) is 0 Å². The summed E-state index contributed by atoms with van der Waals surface area (Å²) in [6.07, 6.45) is 2.51. The van der Waals surface area contributed by atoms with E-state index in [0.717, 1.165) is 30.4 Å². The Labute approximate surface area is 116 Å². The van der Waals surface area contributed by atoms with Crippen molar-refractivity contribution in [2.75, 3.05) is 5.75 Å². The van der Waals surface area contributed by atoms with Gasteiger partial charge in [-0.3, -0.25) is 4.79 Å². The minimum Gasteiger partial charge on any atom is -0.353 e. The van der Waals surface area contributed by atoms with Crippen LogP contribution in [-0.2, 0) is 27.5 Å². The Morgan fingerprint density at radius 3 is 3.16 bits per heavy atom. The summed E-state index contributed by atoms with van der Waals surface area (Å²) in [5, 5.41) is 3.78. The van der Waals surface area contributed by atoms with Gasteiger partial charge in [0, 0.05) is 29.2 Å². The van der Waals surface area contributed by atoms with E-state index in [9.17, 15) is 13.2 Å². The van der Waals surface area contributed by atoms with Crippen molar-refractivity contribution < 1.29 is 13.2 Å². The van der Waals surface area contributed by atoms with Crippen LogP contribution in [0.5, 0.6) is 0 Å². The Balaban J connectivity index is 1.83. The van der Waals surface area contributed by atoms with Crippen molar-refractivity contribution in [3.63, 3.8) is 0 Å². The van der Waals surface area contributed by atoms with E-state index in [2.05, 4.69) is 16.9 Å². The van der Waals surface area contributed by atoms with Gasteiger partial charge in [-0.2, -0.15) is 0 Å². The average molecular weight is 300 g/mol. The van der Waals surface area contributed by atoms with E-state index in [-0.39, 0.29) is 24.1 Å². The van der Waals surface area contributed by atoms with Crippen molar-refractivity contribution in [1.29, 1.82) is 0 Å². The van der Waals surface area contributed by atoms with E-state index in [4.69, 9.17) is 0 Å². The monoisotopic (exact) mass is 300 g/mol. The maximum Gasteiger partial charge on any atom is 0.221 e. The van der Waals surface area contributed by atoms with Gasteiger partial charge in [0.15, 0.2) is 9.84 Å². The van der Waals surface area contributed by atoms with Gasteiger partial charge in [0.25, 0.3) is 0 Å². The summed E-state index contributed by atoms with van der Waals surface area (Å²) in [5.41, 5.74) is 2.95. The highest BCUT2D eigenvalue weighted by molar-refractivity contribution is 7.94. The van der Waals surface area contributed by atoms with Crippen molar-refractivity contribution in [3.8, 4) is 0 Å². The first kappa shape index (κ1) is 14.2. The van der Waals surface area contributed by atoms with Gasteiger partial charge in [0.1, 0.15) is 0 Å². The highest BCUT2D eigenvalue weighted by atomic mass is 32.2. The molecule has 0 bridgehead atoms. The lowest BCUT2D eigenvalue weighted by Gasteiger charge is -2.22. The maximum absolute atomic E-state index is 11.7. The molecule has 1 N–H and O–H groups in total. The number of aromatic nitrogens is 1. The first-order chi connectivity index (χ1) is 9.00. The zero-order chi connectivity index (χ0) is 13.9. The summed E-state index contributed by atoms with van der Waals surface area (Å²) in [7, 11) is -3.30. The Morgan fingerprint density at radius 1 is 1.63 bits per heavy atom. The molecule has 1 aromatic rings. The summed E-state index contributed by atoms with van der Waals surface area (Å²) in [5.74, 6) is -0.399. The number of aryl methyl sites for hydroxylation is 1. The molecule has 1 heterocycles. The third-order valence-electron chi connectivity index (χ3n) is 3.12. The summed E-state index contributed by atoms with van der Waals surface area (Å²) >= 11 is 1.61. The van der Waals surface area contributed by atoms with E-state index in [1.165, 1.54) is 4.88 Å². The van der Waals surface area contributed by atoms with Crippen molar-refractivity contribution in [3.05, 3.63) is 28.1 Å². The molecule has 0 aliphatic heterocycles. The molecule has 1 aliphatic carbocycles. The summed E-state index contributed by atoms with van der Waals surface area (Å²) < 4.78 is 22.4. The van der Waals surface area contributed by atoms with Crippen molar-refractivity contribution in [2.45, 2.75) is 31.7 Å². The quantitative estimate of drug-likeness (QED) is 0.882. The Morgan fingerprint density at radius 2 is 2.42 bits per heavy atom. The highest BCUT2D eigenvalue weighted by Gasteiger charge is 2.22. The molecule has 104 valence electrons. The summed E-state index contributed by atoms with van der Waals surface area (Å²) in [6.45, 7) is 3.22. The van der Waals surface area contributed by atoms with E-state index in [1.807, 2.05) is 5.51 Å². The molecule has 0 fully saturated rings. The molecule has 1 amide bonds. The van der Waals surface area contributed by atoms with Crippen molar-refractivity contribution >= 4 is 27.1 Å². The van der Waals surface area contributed by atoms with Gasteiger partial charge in [-0.05, 0) is 12.8 Å². The number of nitrogens with zero attached hydrogens (tertiary/aromatic N) is 1. The Hall–Kier alpha value is -1.21. The molecule has 0 aromatic carbocycles. The molecule has 1 atom stereocenters. The first-order valence-corrected chi connectivity index (χ1v) is 8.65. The summed E-state index contributed by atoms with van der Waals surface area (Å²) in [6, 6.07) is 0.0897. The Kier molecular flexibility index (Phi) is 4.36. The molecule has 1 unspecified atom stereocenters. The lowest BCUT2D eigenvalue weighted by Crippen LogP contribution is -2.39. The van der Waals surface area contributed by atoms with Gasteiger partial charge in [-0.25, -0.2) is 13.4 Å². The number of thiazole rings is 1. The zero-order valence-corrected chi connectivity index (χ0v) is 12.1. The van der Waals surface area contributed by atoms with Crippen LogP contribution in [0.4, 0.5) is 0 Å². The van der Waals surface area contributed by atoms with Gasteiger partial charge in [0.05, 0.1) is 17.0 Å². The number of amides is 1. The fourth-order valence-electron chi connectivity index (χ4n) is 2.04. The lowest BCUT2D eigenvalue weighted by molar-refractivity contribution is -0.121. The van der Waals surface area contributed by atoms with Gasteiger partial charge in [-0.1, -0.05) is 6.58 Å². The predicted octanol–water partition coefficient (Wildman–Crippen LogP) is 1.06. The largest absolute Gasteiger partial charge is 0.353 e. The lowest BCUT2D eigenvalue weighted by atomic mass is 9.97. The second kappa shape index (κ2) is 5.83. The third-order valence-corrected chi connectivity index (χ3v) is 5.30. The van der Waals surface area contributed by atoms with E-state index >= 15 is 0 Å². The van der Waals surface area contributed by atoms with Crippen LogP contribution in [0, 0.1) is 0 Å². The van der Waals surface area contributed by atoms with Gasteiger partial charge in [0.2, 0.25) is 5.91 Å². The van der Waals surface area contributed by atoms with Crippen LogP contribution >= 0.6 is 11.3 Å². The van der Waals surface area contributed by atoms with Crippen LogP contribution in [-0.4, -0.2) is 31.1 Å². The van der Waals surface area contributed by atoms with Crippen LogP contribution in [0.3, 0.4) is 0 Å². The number of nitrogens with one attached hydrogen (secondary N) is 1. The second-order valence-electron chi connectivity index (χ2n) is 4.51. The zero-order valence-electron chi connectivity index (χ0n) is 10.5. The van der Waals surface area contributed by atoms with E-state index in [1.54, 1.807) is 11.3 Å². The highest BCUT2D eigenvalue weighted by Crippen LogP contribution is 2.23. The number of fused-ring (bicyclic) bond motifs is 1. The minimum atomic E-state index is -3.30. The van der Waals surface area contributed by atoms with E-state index < -0.39 is 9.84 Å². The molecule has 0 saturated carbocycles. The molecule has 0 saturated heterocycles. The van der Waals surface area contributed by atoms with Crippen LogP contribution in [0.2, 0.25) is 0 Å². The SMILES string of the molecule is C=CS(=O)(=O)CCC(=O)NC1CCc2ncsc2C1. The van der Waals surface area contributed by atoms with Gasteiger partial charge < -0.3 is 5.32 Å². The topological polar surface area (TPSA) is 76.1 Å².